The highest BCUT2D eigenvalue weighted by molar-refractivity contribution is 5.73. The number of carboxylic acid groups (broad SMARTS) is 1. The van der Waals surface area contributed by atoms with Gasteiger partial charge in [0.05, 0.1) is 6.61 Å². The summed E-state index contributed by atoms with van der Waals surface area (Å²) in [5.41, 5.74) is 0. The standard InChI is InChI=1S/C13H27NO3/c1-10(2)5-7-17-8-6-14-12(13(15)16)9-11(3)4/h10-12,14H,5-9H2,1-4H3,(H,15,16). The summed E-state index contributed by atoms with van der Waals surface area (Å²) in [6.45, 7) is 10.3. The molecule has 0 aromatic heterocycles. The minimum absolute atomic E-state index is 0.380. The van der Waals surface area contributed by atoms with Crippen molar-refractivity contribution in [2.24, 2.45) is 11.8 Å². The highest BCUT2D eigenvalue weighted by Gasteiger charge is 2.17. The van der Waals surface area contributed by atoms with Crippen molar-refractivity contribution in [3.63, 3.8) is 0 Å². The molecular weight excluding hydrogens is 218 g/mol. The molecule has 0 amide bonds. The van der Waals surface area contributed by atoms with Gasteiger partial charge in [0.15, 0.2) is 0 Å². The first-order valence-corrected chi connectivity index (χ1v) is 6.47. The second-order valence-electron chi connectivity index (χ2n) is 5.27. The summed E-state index contributed by atoms with van der Waals surface area (Å²) in [4.78, 5) is 10.9. The lowest BCUT2D eigenvalue weighted by Crippen LogP contribution is -2.39. The van der Waals surface area contributed by atoms with E-state index in [4.69, 9.17) is 9.84 Å². The van der Waals surface area contributed by atoms with E-state index in [0.29, 0.717) is 31.4 Å². The fourth-order valence-corrected chi connectivity index (χ4v) is 1.47. The van der Waals surface area contributed by atoms with Crippen molar-refractivity contribution in [2.45, 2.75) is 46.6 Å². The number of hydrogen-bond acceptors (Lipinski definition) is 3. The molecule has 0 saturated heterocycles. The van der Waals surface area contributed by atoms with Gasteiger partial charge in [-0.3, -0.25) is 4.79 Å². The van der Waals surface area contributed by atoms with E-state index in [2.05, 4.69) is 19.2 Å². The molecule has 0 aromatic rings. The number of nitrogens with one attached hydrogen (secondary N) is 1. The van der Waals surface area contributed by atoms with E-state index >= 15 is 0 Å². The fourth-order valence-electron chi connectivity index (χ4n) is 1.47. The molecule has 1 atom stereocenters. The van der Waals surface area contributed by atoms with Gasteiger partial charge in [-0.05, 0) is 24.7 Å². The largest absolute Gasteiger partial charge is 0.480 e. The number of carboxylic acids is 1. The molecule has 1 unspecified atom stereocenters. The first-order chi connectivity index (χ1) is 7.93. The van der Waals surface area contributed by atoms with Gasteiger partial charge in [-0.15, -0.1) is 0 Å². The summed E-state index contributed by atoms with van der Waals surface area (Å²) in [7, 11) is 0. The van der Waals surface area contributed by atoms with Crippen LogP contribution in [-0.4, -0.2) is 36.9 Å². The quantitative estimate of drug-likeness (QED) is 0.579. The van der Waals surface area contributed by atoms with Gasteiger partial charge in [-0.1, -0.05) is 27.7 Å². The van der Waals surface area contributed by atoms with Crippen LogP contribution >= 0.6 is 0 Å². The van der Waals surface area contributed by atoms with Crippen LogP contribution in [-0.2, 0) is 9.53 Å². The van der Waals surface area contributed by atoms with Crippen LogP contribution in [0.4, 0.5) is 0 Å². The maximum atomic E-state index is 10.9. The maximum Gasteiger partial charge on any atom is 0.320 e. The summed E-state index contributed by atoms with van der Waals surface area (Å²) < 4.78 is 5.42. The molecule has 17 heavy (non-hydrogen) atoms. The first-order valence-electron chi connectivity index (χ1n) is 6.47. The fraction of sp³-hybridized carbons (Fsp3) is 0.923. The topological polar surface area (TPSA) is 58.6 Å². The third kappa shape index (κ3) is 10.3. The van der Waals surface area contributed by atoms with Gasteiger partial charge in [0, 0.05) is 13.2 Å². The number of ether oxygens (including phenoxy) is 1. The van der Waals surface area contributed by atoms with E-state index in [1.165, 1.54) is 0 Å². The second kappa shape index (κ2) is 9.42. The smallest absolute Gasteiger partial charge is 0.320 e. The Morgan fingerprint density at radius 1 is 1.18 bits per heavy atom. The van der Waals surface area contributed by atoms with Gasteiger partial charge in [0.25, 0.3) is 0 Å². The number of hydrogen-bond donors (Lipinski definition) is 2. The average molecular weight is 245 g/mol. The van der Waals surface area contributed by atoms with Crippen LogP contribution in [0.25, 0.3) is 0 Å². The van der Waals surface area contributed by atoms with Crippen LogP contribution in [0.5, 0.6) is 0 Å². The third-order valence-corrected chi connectivity index (χ3v) is 2.48. The third-order valence-electron chi connectivity index (χ3n) is 2.48. The van der Waals surface area contributed by atoms with E-state index in [1.807, 2.05) is 13.8 Å². The predicted octanol–water partition coefficient (Wildman–Crippen LogP) is 2.14. The molecule has 0 aromatic carbocycles. The zero-order chi connectivity index (χ0) is 13.3. The summed E-state index contributed by atoms with van der Waals surface area (Å²) in [5, 5.41) is 12.0. The molecule has 0 rings (SSSR count). The Balaban J connectivity index is 3.58. The molecule has 0 bridgehead atoms. The van der Waals surface area contributed by atoms with E-state index in [-0.39, 0.29) is 0 Å². The minimum Gasteiger partial charge on any atom is -0.480 e. The van der Waals surface area contributed by atoms with Gasteiger partial charge in [-0.2, -0.15) is 0 Å². The van der Waals surface area contributed by atoms with Crippen molar-refractivity contribution in [1.82, 2.24) is 5.32 Å². The van der Waals surface area contributed by atoms with Crippen LogP contribution in [0.3, 0.4) is 0 Å². The van der Waals surface area contributed by atoms with Crippen molar-refractivity contribution in [3.8, 4) is 0 Å². The Bertz CT molecular complexity index is 205. The molecule has 0 aliphatic carbocycles. The van der Waals surface area contributed by atoms with E-state index in [0.717, 1.165) is 13.0 Å². The predicted molar refractivity (Wildman–Crippen MR) is 69.2 cm³/mol. The highest BCUT2D eigenvalue weighted by Crippen LogP contribution is 2.04. The second-order valence-corrected chi connectivity index (χ2v) is 5.27. The molecule has 4 nitrogen and oxygen atoms in total. The Morgan fingerprint density at radius 3 is 2.29 bits per heavy atom. The van der Waals surface area contributed by atoms with Crippen LogP contribution in [0.15, 0.2) is 0 Å². The molecule has 0 aliphatic rings. The summed E-state index contributed by atoms with van der Waals surface area (Å²) in [5.74, 6) is 0.252. The van der Waals surface area contributed by atoms with Gasteiger partial charge in [0.2, 0.25) is 0 Å². The maximum absolute atomic E-state index is 10.9. The van der Waals surface area contributed by atoms with Crippen molar-refractivity contribution in [2.75, 3.05) is 19.8 Å². The molecule has 0 heterocycles. The Hall–Kier alpha value is -0.610. The van der Waals surface area contributed by atoms with Gasteiger partial charge < -0.3 is 15.2 Å². The normalized spacial score (nSPS) is 13.3. The summed E-state index contributed by atoms with van der Waals surface area (Å²) in [6.07, 6.45) is 1.70. The molecule has 0 fully saturated rings. The lowest BCUT2D eigenvalue weighted by Gasteiger charge is -2.16. The van der Waals surface area contributed by atoms with Crippen LogP contribution < -0.4 is 5.32 Å². The average Bonchev–Trinajstić information content (AvgIpc) is 2.20. The van der Waals surface area contributed by atoms with Gasteiger partial charge >= 0.3 is 5.97 Å². The molecule has 102 valence electrons. The van der Waals surface area contributed by atoms with Gasteiger partial charge in [-0.25, -0.2) is 0 Å². The number of aliphatic carboxylic acids is 1. The lowest BCUT2D eigenvalue weighted by molar-refractivity contribution is -0.140. The van der Waals surface area contributed by atoms with Crippen molar-refractivity contribution < 1.29 is 14.6 Å². The summed E-state index contributed by atoms with van der Waals surface area (Å²) >= 11 is 0. The van der Waals surface area contributed by atoms with E-state index in [9.17, 15) is 4.79 Å². The zero-order valence-electron chi connectivity index (χ0n) is 11.5. The van der Waals surface area contributed by atoms with Crippen LogP contribution in [0.1, 0.15) is 40.5 Å². The van der Waals surface area contributed by atoms with Crippen molar-refractivity contribution in [3.05, 3.63) is 0 Å². The molecule has 2 N–H and O–H groups in total. The van der Waals surface area contributed by atoms with E-state index in [1.54, 1.807) is 0 Å². The van der Waals surface area contributed by atoms with Gasteiger partial charge in [0.1, 0.15) is 6.04 Å². The highest BCUT2D eigenvalue weighted by atomic mass is 16.5. The lowest BCUT2D eigenvalue weighted by atomic mass is 10.0. The molecule has 0 radical (unpaired) electrons. The molecule has 0 aliphatic heterocycles. The van der Waals surface area contributed by atoms with Crippen molar-refractivity contribution in [1.29, 1.82) is 0 Å². The minimum atomic E-state index is -0.777. The Kier molecular flexibility index (Phi) is 9.09. The first kappa shape index (κ1) is 16.4. The molecule has 0 spiro atoms. The molecule has 0 saturated carbocycles. The number of rotatable bonds is 10. The Morgan fingerprint density at radius 2 is 1.82 bits per heavy atom. The zero-order valence-corrected chi connectivity index (χ0v) is 11.5. The number of carbonyl (C=O) groups is 1. The van der Waals surface area contributed by atoms with Crippen molar-refractivity contribution >= 4 is 5.97 Å². The van der Waals surface area contributed by atoms with Crippen LogP contribution in [0.2, 0.25) is 0 Å². The molecule has 4 heteroatoms. The Labute approximate surface area is 105 Å². The SMILES string of the molecule is CC(C)CCOCCNC(CC(C)C)C(=O)O. The summed E-state index contributed by atoms with van der Waals surface area (Å²) in [6, 6.07) is -0.455. The van der Waals surface area contributed by atoms with Crippen LogP contribution in [0, 0.1) is 11.8 Å². The molecular formula is C13H27NO3. The van der Waals surface area contributed by atoms with E-state index < -0.39 is 12.0 Å². The monoisotopic (exact) mass is 245 g/mol.